The summed E-state index contributed by atoms with van der Waals surface area (Å²) in [6, 6.07) is 10.0. The summed E-state index contributed by atoms with van der Waals surface area (Å²) in [7, 11) is 1.76. The zero-order valence-electron chi connectivity index (χ0n) is 16.9. The zero-order chi connectivity index (χ0) is 21.8. The molecule has 4 rings (SSSR count). The normalized spacial score (nSPS) is 16.3. The van der Waals surface area contributed by atoms with Crippen molar-refractivity contribution < 1.29 is 17.9 Å². The van der Waals surface area contributed by atoms with Gasteiger partial charge in [0.2, 0.25) is 0 Å². The lowest BCUT2D eigenvalue weighted by atomic mass is 10.1. The van der Waals surface area contributed by atoms with Crippen LogP contribution in [0.3, 0.4) is 0 Å². The number of alkyl halides is 3. The van der Waals surface area contributed by atoms with Crippen molar-refractivity contribution >= 4 is 17.2 Å². The predicted octanol–water partition coefficient (Wildman–Crippen LogP) is 4.13. The first-order valence-corrected chi connectivity index (χ1v) is 10.7. The molecule has 6 nitrogen and oxygen atoms in total. The number of pyridine rings is 1. The lowest BCUT2D eigenvalue weighted by Gasteiger charge is -2.36. The second kappa shape index (κ2) is 9.29. The molecule has 1 saturated heterocycles. The zero-order valence-corrected chi connectivity index (χ0v) is 17.7. The van der Waals surface area contributed by atoms with Gasteiger partial charge in [0.15, 0.2) is 11.5 Å². The van der Waals surface area contributed by atoms with Gasteiger partial charge in [-0.15, -0.1) is 11.3 Å². The molecule has 3 aromatic heterocycles. The number of morpholine rings is 1. The monoisotopic (exact) mass is 449 g/mol. The van der Waals surface area contributed by atoms with Crippen LogP contribution in [0.5, 0.6) is 0 Å². The minimum atomic E-state index is -4.58. The molecule has 0 spiro atoms. The minimum Gasteiger partial charge on any atom is -0.379 e. The van der Waals surface area contributed by atoms with E-state index in [-0.39, 0.29) is 17.7 Å². The molecule has 1 unspecified atom stereocenters. The Morgan fingerprint density at radius 1 is 1.16 bits per heavy atom. The first-order valence-electron chi connectivity index (χ1n) is 9.86. The first kappa shape index (κ1) is 21.7. The van der Waals surface area contributed by atoms with Gasteiger partial charge in [-0.25, -0.2) is 9.97 Å². The summed E-state index contributed by atoms with van der Waals surface area (Å²) < 4.78 is 46.1. The van der Waals surface area contributed by atoms with E-state index in [0.29, 0.717) is 25.5 Å². The number of aromatic nitrogens is 3. The van der Waals surface area contributed by atoms with Gasteiger partial charge in [0.25, 0.3) is 0 Å². The SMILES string of the molecule is CN(CC(c1cccs1)N1CCOCC1)c1cc(C(F)(F)F)nc(-c2ccccn2)n1. The Labute approximate surface area is 182 Å². The van der Waals surface area contributed by atoms with Crippen molar-refractivity contribution in [3.63, 3.8) is 0 Å². The molecule has 0 aliphatic carbocycles. The summed E-state index contributed by atoms with van der Waals surface area (Å²) in [5.41, 5.74) is -0.685. The van der Waals surface area contributed by atoms with Crippen LogP contribution in [0.2, 0.25) is 0 Å². The maximum Gasteiger partial charge on any atom is 0.433 e. The van der Waals surface area contributed by atoms with Gasteiger partial charge in [-0.1, -0.05) is 12.1 Å². The van der Waals surface area contributed by atoms with Crippen molar-refractivity contribution in [2.24, 2.45) is 0 Å². The quantitative estimate of drug-likeness (QED) is 0.564. The van der Waals surface area contributed by atoms with E-state index in [2.05, 4.69) is 25.9 Å². The lowest BCUT2D eigenvalue weighted by Crippen LogP contribution is -2.43. The number of anilines is 1. The molecule has 4 heterocycles. The van der Waals surface area contributed by atoms with Crippen molar-refractivity contribution in [1.82, 2.24) is 19.9 Å². The van der Waals surface area contributed by atoms with Crippen LogP contribution in [0.1, 0.15) is 16.6 Å². The van der Waals surface area contributed by atoms with E-state index in [4.69, 9.17) is 4.74 Å². The summed E-state index contributed by atoms with van der Waals surface area (Å²) in [4.78, 5) is 17.5. The van der Waals surface area contributed by atoms with Gasteiger partial charge in [0.05, 0.1) is 19.3 Å². The van der Waals surface area contributed by atoms with Gasteiger partial charge in [0.1, 0.15) is 11.5 Å². The Kier molecular flexibility index (Phi) is 6.49. The second-order valence-electron chi connectivity index (χ2n) is 7.21. The van der Waals surface area contributed by atoms with Crippen molar-refractivity contribution in [3.05, 3.63) is 58.5 Å². The largest absolute Gasteiger partial charge is 0.433 e. The van der Waals surface area contributed by atoms with Gasteiger partial charge in [-0.3, -0.25) is 9.88 Å². The fourth-order valence-electron chi connectivity index (χ4n) is 3.49. The average molecular weight is 450 g/mol. The van der Waals surface area contributed by atoms with Crippen molar-refractivity contribution in [2.45, 2.75) is 12.2 Å². The van der Waals surface area contributed by atoms with E-state index in [1.807, 2.05) is 11.4 Å². The number of hydrogen-bond donors (Lipinski definition) is 0. The Hall–Kier alpha value is -2.56. The number of thiophene rings is 1. The number of ether oxygens (including phenoxy) is 1. The molecule has 3 aromatic rings. The molecule has 10 heteroatoms. The average Bonchev–Trinajstić information content (AvgIpc) is 3.32. The molecule has 0 radical (unpaired) electrons. The molecule has 1 atom stereocenters. The van der Waals surface area contributed by atoms with Crippen LogP contribution < -0.4 is 4.90 Å². The van der Waals surface area contributed by atoms with Crippen LogP contribution in [0.25, 0.3) is 11.5 Å². The van der Waals surface area contributed by atoms with Gasteiger partial charge >= 0.3 is 6.18 Å². The highest BCUT2D eigenvalue weighted by Gasteiger charge is 2.35. The number of halogens is 3. The Bertz CT molecular complexity index is 978. The highest BCUT2D eigenvalue weighted by molar-refractivity contribution is 7.10. The fraction of sp³-hybridized carbons (Fsp3) is 0.381. The van der Waals surface area contributed by atoms with Gasteiger partial charge in [0, 0.05) is 43.8 Å². The summed E-state index contributed by atoms with van der Waals surface area (Å²) in [5, 5.41) is 2.01. The summed E-state index contributed by atoms with van der Waals surface area (Å²) in [6.07, 6.45) is -3.08. The van der Waals surface area contributed by atoms with Crippen LogP contribution in [0.4, 0.5) is 19.0 Å². The smallest absolute Gasteiger partial charge is 0.379 e. The highest BCUT2D eigenvalue weighted by atomic mass is 32.1. The molecule has 0 N–H and O–H groups in total. The molecule has 0 saturated carbocycles. The standard InChI is InChI=1S/C21H22F3N5OS/c1-28(14-16(17-6-4-12-31-17)29-8-10-30-11-9-29)19-13-18(21(22,23)24)26-20(27-19)15-5-2-3-7-25-15/h2-7,12-13,16H,8-11,14H2,1H3. The molecule has 0 aromatic carbocycles. The van der Waals surface area contributed by atoms with E-state index < -0.39 is 11.9 Å². The molecule has 1 aliphatic heterocycles. The third kappa shape index (κ3) is 5.20. The van der Waals surface area contributed by atoms with E-state index >= 15 is 0 Å². The van der Waals surface area contributed by atoms with Gasteiger partial charge < -0.3 is 9.64 Å². The summed E-state index contributed by atoms with van der Waals surface area (Å²) in [5.74, 6) is 0.161. The van der Waals surface area contributed by atoms with Crippen molar-refractivity contribution in [3.8, 4) is 11.5 Å². The van der Waals surface area contributed by atoms with Crippen LogP contribution >= 0.6 is 11.3 Å². The highest BCUT2D eigenvalue weighted by Crippen LogP contribution is 2.33. The van der Waals surface area contributed by atoms with Crippen LogP contribution in [0.15, 0.2) is 48.0 Å². The Balaban J connectivity index is 1.66. The third-order valence-electron chi connectivity index (χ3n) is 5.09. The molecular weight excluding hydrogens is 427 g/mol. The van der Waals surface area contributed by atoms with Gasteiger partial charge in [-0.05, 0) is 23.6 Å². The predicted molar refractivity (Wildman–Crippen MR) is 113 cm³/mol. The molecular formula is C21H22F3N5OS. The maximum absolute atomic E-state index is 13.6. The topological polar surface area (TPSA) is 54.4 Å². The van der Waals surface area contributed by atoms with Crippen molar-refractivity contribution in [2.75, 3.05) is 44.8 Å². The summed E-state index contributed by atoms with van der Waals surface area (Å²) >= 11 is 1.64. The van der Waals surface area contributed by atoms with E-state index in [1.165, 1.54) is 6.20 Å². The van der Waals surface area contributed by atoms with Gasteiger partial charge in [-0.2, -0.15) is 13.2 Å². The summed E-state index contributed by atoms with van der Waals surface area (Å²) in [6.45, 7) is 3.30. The van der Waals surface area contributed by atoms with E-state index in [1.54, 1.807) is 41.5 Å². The lowest BCUT2D eigenvalue weighted by molar-refractivity contribution is -0.141. The third-order valence-corrected chi connectivity index (χ3v) is 6.07. The molecule has 1 fully saturated rings. The second-order valence-corrected chi connectivity index (χ2v) is 8.19. The number of likely N-dealkylation sites (N-methyl/N-ethyl adjacent to an activating group) is 1. The molecule has 31 heavy (non-hydrogen) atoms. The van der Waals surface area contributed by atoms with Crippen LogP contribution in [-0.4, -0.2) is 59.7 Å². The number of rotatable bonds is 6. The van der Waals surface area contributed by atoms with E-state index in [9.17, 15) is 13.2 Å². The number of nitrogens with zero attached hydrogens (tertiary/aromatic N) is 5. The minimum absolute atomic E-state index is 0.0245. The molecule has 1 aliphatic rings. The van der Waals surface area contributed by atoms with E-state index in [0.717, 1.165) is 24.0 Å². The molecule has 0 bridgehead atoms. The van der Waals surface area contributed by atoms with Crippen molar-refractivity contribution in [1.29, 1.82) is 0 Å². The number of hydrogen-bond acceptors (Lipinski definition) is 7. The Morgan fingerprint density at radius 3 is 2.61 bits per heavy atom. The van der Waals surface area contributed by atoms with Crippen LogP contribution in [0, 0.1) is 0 Å². The molecule has 164 valence electrons. The molecule has 0 amide bonds. The first-order chi connectivity index (χ1) is 14.9. The fourth-order valence-corrected chi connectivity index (χ4v) is 4.35. The van der Waals surface area contributed by atoms with Crippen LogP contribution in [-0.2, 0) is 10.9 Å². The Morgan fingerprint density at radius 2 is 1.97 bits per heavy atom. The maximum atomic E-state index is 13.6.